The molecule has 3 aromatic carbocycles. The van der Waals surface area contributed by atoms with Crippen LogP contribution < -0.4 is 24.8 Å². The molecular formula is C37H42N3O12S+. The highest BCUT2D eigenvalue weighted by Gasteiger charge is 2.28. The number of carbonyl (C=O) groups excluding carboxylic acids is 5. The molecule has 0 fully saturated rings. The van der Waals surface area contributed by atoms with E-state index in [1.807, 2.05) is 5.48 Å². The Kier molecular flexibility index (Phi) is 13.8. The molecule has 1 heterocycles. The Bertz CT molecular complexity index is 2130. The predicted molar refractivity (Wildman–Crippen MR) is 192 cm³/mol. The first-order chi connectivity index (χ1) is 25.2. The zero-order valence-electron chi connectivity index (χ0n) is 29.6. The first kappa shape index (κ1) is 40.2. The Morgan fingerprint density at radius 1 is 0.887 bits per heavy atom. The molecule has 0 aliphatic heterocycles. The second-order valence-corrected chi connectivity index (χ2v) is 13.9. The number of aldehydes is 1. The highest BCUT2D eigenvalue weighted by Crippen LogP contribution is 2.33. The number of aryl methyl sites for hydroxylation is 3. The number of nitrogens with one attached hydrogen (secondary N) is 2. The van der Waals surface area contributed by atoms with Gasteiger partial charge in [-0.05, 0) is 74.2 Å². The van der Waals surface area contributed by atoms with Crippen LogP contribution in [0.15, 0.2) is 48.5 Å². The van der Waals surface area contributed by atoms with Gasteiger partial charge in [-0.25, -0.2) is 9.59 Å². The molecule has 15 nitrogen and oxygen atoms in total. The van der Waals surface area contributed by atoms with Crippen molar-refractivity contribution in [2.45, 2.75) is 65.3 Å². The number of pyridine rings is 1. The number of hydrogen-bond acceptors (Lipinski definition) is 11. The number of nitrogens with zero attached hydrogens (tertiary/aromatic N) is 1. The summed E-state index contributed by atoms with van der Waals surface area (Å²) in [5.74, 6) is -2.15. The smallest absolute Gasteiger partial charge is 0.345 e. The third-order valence-electron chi connectivity index (χ3n) is 8.32. The second-order valence-electron chi connectivity index (χ2n) is 12.4. The Morgan fingerprint density at radius 2 is 1.57 bits per heavy atom. The van der Waals surface area contributed by atoms with E-state index in [2.05, 4.69) is 10.2 Å². The van der Waals surface area contributed by atoms with Gasteiger partial charge in [-0.15, -0.1) is 0 Å². The quantitative estimate of drug-likeness (QED) is 0.0176. The van der Waals surface area contributed by atoms with Gasteiger partial charge >= 0.3 is 11.9 Å². The standard InChI is InChI=1S/C37H41N3O12S/c1-23-19-25(36(45)38-15-6-4-5-10-33(44)52-39-32(43)9-7-17-41)20-24(2)35(23)51-37(46)34-28-21-26(42)11-13-30(28)40(16-8-18-53(47,48)49)31-14-12-27(50-3)22-29(31)34/h11-14,17,19-22H,4-10,15-16,18H2,1-3H3,(H3-,38,39,42,43,45,46,47,48,49)/p+1. The molecule has 16 heteroatoms. The summed E-state index contributed by atoms with van der Waals surface area (Å²) in [5, 5.41) is 14.0. The van der Waals surface area contributed by atoms with E-state index in [4.69, 9.17) is 9.47 Å². The van der Waals surface area contributed by atoms with E-state index in [0.717, 1.165) is 0 Å². The molecular weight excluding hydrogens is 710 g/mol. The normalized spacial score (nSPS) is 11.2. The molecule has 282 valence electrons. The lowest BCUT2D eigenvalue weighted by Crippen LogP contribution is -2.37. The lowest BCUT2D eigenvalue weighted by atomic mass is 10.0. The molecule has 4 N–H and O–H groups in total. The molecule has 0 atom stereocenters. The monoisotopic (exact) mass is 752 g/mol. The van der Waals surface area contributed by atoms with Crippen LogP contribution in [0.1, 0.15) is 76.8 Å². The van der Waals surface area contributed by atoms with Crippen molar-refractivity contribution in [1.82, 2.24) is 10.8 Å². The number of methoxy groups -OCH3 is 1. The fourth-order valence-electron chi connectivity index (χ4n) is 5.85. The van der Waals surface area contributed by atoms with Gasteiger partial charge in [0.2, 0.25) is 11.0 Å². The first-order valence-corrected chi connectivity index (χ1v) is 18.5. The maximum atomic E-state index is 14.1. The predicted octanol–water partition coefficient (Wildman–Crippen LogP) is 3.95. The molecule has 1 aromatic heterocycles. The van der Waals surface area contributed by atoms with Crippen LogP contribution in [0.25, 0.3) is 21.8 Å². The zero-order valence-corrected chi connectivity index (χ0v) is 30.4. The topological polar surface area (TPSA) is 216 Å². The highest BCUT2D eigenvalue weighted by atomic mass is 32.2. The van der Waals surface area contributed by atoms with Gasteiger partial charge in [0.15, 0.2) is 6.54 Å². The van der Waals surface area contributed by atoms with E-state index < -0.39 is 33.7 Å². The Balaban J connectivity index is 1.47. The molecule has 0 saturated carbocycles. The average molecular weight is 753 g/mol. The van der Waals surface area contributed by atoms with Gasteiger partial charge in [-0.1, -0.05) is 6.42 Å². The largest absolute Gasteiger partial charge is 0.508 e. The Hall–Kier alpha value is -5.61. The lowest BCUT2D eigenvalue weighted by Gasteiger charge is -2.16. The molecule has 4 rings (SSSR count). The summed E-state index contributed by atoms with van der Waals surface area (Å²) in [6.07, 6.45) is 2.37. The summed E-state index contributed by atoms with van der Waals surface area (Å²) in [5.41, 5.74) is 4.59. The molecule has 0 saturated heterocycles. The third-order valence-corrected chi connectivity index (χ3v) is 9.13. The molecule has 53 heavy (non-hydrogen) atoms. The maximum absolute atomic E-state index is 14.1. The first-order valence-electron chi connectivity index (χ1n) is 16.9. The van der Waals surface area contributed by atoms with Crippen molar-refractivity contribution < 1.29 is 60.9 Å². The van der Waals surface area contributed by atoms with Crippen molar-refractivity contribution in [1.29, 1.82) is 0 Å². The van der Waals surface area contributed by atoms with Gasteiger partial charge in [0.1, 0.15) is 23.5 Å². The van der Waals surface area contributed by atoms with Crippen molar-refractivity contribution in [3.8, 4) is 17.2 Å². The number of fused-ring (bicyclic) bond motifs is 2. The van der Waals surface area contributed by atoms with Gasteiger partial charge in [0.05, 0.1) is 29.2 Å². The van der Waals surface area contributed by atoms with Crippen molar-refractivity contribution in [3.63, 3.8) is 0 Å². The minimum atomic E-state index is -4.21. The minimum absolute atomic E-state index is 0.0351. The Morgan fingerprint density at radius 3 is 2.23 bits per heavy atom. The SMILES string of the molecule is COc1ccc2c(c1)c(C(=O)Oc1c(C)cc(C(=O)NCCCCCC(=O)ONC(=O)CCC=O)cc1C)c1cc(O)ccc1[n+]2CCCS(=O)(=O)O. The van der Waals surface area contributed by atoms with Crippen LogP contribution in [-0.4, -0.2) is 67.5 Å². The zero-order chi connectivity index (χ0) is 38.7. The van der Waals surface area contributed by atoms with E-state index in [1.165, 1.54) is 19.2 Å². The van der Waals surface area contributed by atoms with Crippen molar-refractivity contribution in [2.75, 3.05) is 19.4 Å². The number of benzene rings is 3. The summed E-state index contributed by atoms with van der Waals surface area (Å²) in [7, 11) is -2.74. The van der Waals surface area contributed by atoms with Gasteiger partial charge in [-0.3, -0.25) is 14.1 Å². The average Bonchev–Trinajstić information content (AvgIpc) is 3.11. The van der Waals surface area contributed by atoms with Gasteiger partial charge in [-0.2, -0.15) is 18.5 Å². The van der Waals surface area contributed by atoms with Crippen LogP contribution in [0.2, 0.25) is 0 Å². The summed E-state index contributed by atoms with van der Waals surface area (Å²) in [6, 6.07) is 12.7. The number of unbranched alkanes of at least 4 members (excludes halogenated alkanes) is 2. The number of ether oxygens (including phenoxy) is 2. The second kappa shape index (κ2) is 18.2. The number of amides is 2. The van der Waals surface area contributed by atoms with Crippen molar-refractivity contribution in [3.05, 3.63) is 70.8 Å². The van der Waals surface area contributed by atoms with Crippen molar-refractivity contribution >= 4 is 62.0 Å². The van der Waals surface area contributed by atoms with Crippen molar-refractivity contribution in [2.24, 2.45) is 0 Å². The number of esters is 1. The van der Waals surface area contributed by atoms with Crippen LogP contribution in [0.3, 0.4) is 0 Å². The van der Waals surface area contributed by atoms with Crippen LogP contribution in [0, 0.1) is 13.8 Å². The molecule has 4 aromatic rings. The van der Waals surface area contributed by atoms with Crippen LogP contribution in [0.4, 0.5) is 0 Å². The molecule has 0 aliphatic rings. The molecule has 0 bridgehead atoms. The van der Waals surface area contributed by atoms with Crippen LogP contribution in [0.5, 0.6) is 17.2 Å². The third kappa shape index (κ3) is 10.9. The number of carbonyl (C=O) groups is 5. The number of phenolic OH excluding ortho intramolecular Hbond substituents is 1. The van der Waals surface area contributed by atoms with Gasteiger partial charge < -0.3 is 29.5 Å². The minimum Gasteiger partial charge on any atom is -0.508 e. The summed E-state index contributed by atoms with van der Waals surface area (Å²) in [6.45, 7) is 3.91. The van der Waals surface area contributed by atoms with E-state index in [0.29, 0.717) is 76.3 Å². The van der Waals surface area contributed by atoms with E-state index in [1.54, 1.807) is 54.8 Å². The Labute approximate surface area is 305 Å². The number of hydrogen-bond donors (Lipinski definition) is 4. The summed E-state index contributed by atoms with van der Waals surface area (Å²) in [4.78, 5) is 65.2. The van der Waals surface area contributed by atoms with Crippen LogP contribution >= 0.6 is 0 Å². The summed E-state index contributed by atoms with van der Waals surface area (Å²) < 4.78 is 45.4. The summed E-state index contributed by atoms with van der Waals surface area (Å²) >= 11 is 0. The number of rotatable bonds is 17. The number of phenols is 1. The number of aromatic nitrogens is 1. The molecule has 0 unspecified atom stereocenters. The number of aromatic hydroxyl groups is 1. The fourth-order valence-corrected chi connectivity index (χ4v) is 6.34. The molecule has 0 radical (unpaired) electrons. The lowest BCUT2D eigenvalue weighted by molar-refractivity contribution is -0.645. The highest BCUT2D eigenvalue weighted by molar-refractivity contribution is 7.85. The van der Waals surface area contributed by atoms with Gasteiger partial charge in [0, 0.05) is 49.9 Å². The van der Waals surface area contributed by atoms with Gasteiger partial charge in [0.25, 0.3) is 21.9 Å². The van der Waals surface area contributed by atoms with E-state index in [9.17, 15) is 42.0 Å². The number of hydroxylamine groups is 1. The van der Waals surface area contributed by atoms with Crippen LogP contribution in [-0.2, 0) is 35.9 Å². The van der Waals surface area contributed by atoms with E-state index in [-0.39, 0.29) is 55.2 Å². The molecule has 0 spiro atoms. The fraction of sp³-hybridized carbons (Fsp3) is 0.351. The maximum Gasteiger partial charge on any atom is 0.345 e. The molecule has 2 amide bonds. The van der Waals surface area contributed by atoms with E-state index >= 15 is 0 Å². The molecule has 0 aliphatic carbocycles.